The van der Waals surface area contributed by atoms with Crippen molar-refractivity contribution >= 4 is 29.5 Å². The first-order chi connectivity index (χ1) is 19.1. The van der Waals surface area contributed by atoms with Gasteiger partial charge in [-0.3, -0.25) is 9.59 Å². The third kappa shape index (κ3) is 9.59. The number of benzene rings is 3. The second-order valence-corrected chi connectivity index (χ2v) is 11.2. The second-order valence-electron chi connectivity index (χ2n) is 9.88. The number of ketones is 1. The quantitative estimate of drug-likeness (QED) is 0.297. The number of alkyl carbamates (subject to hydrolysis) is 1. The minimum atomic E-state index is -0.899. The smallest absolute Gasteiger partial charge is 0.408 e. The fourth-order valence-corrected chi connectivity index (χ4v) is 5.96. The molecule has 1 saturated carbocycles. The summed E-state index contributed by atoms with van der Waals surface area (Å²) in [5.41, 5.74) is 2.71. The maximum Gasteiger partial charge on any atom is 0.408 e. The number of ether oxygens (including phenoxy) is 1. The molecule has 2 atom stereocenters. The number of nitrogens with one attached hydrogen (secondary N) is 2. The highest BCUT2D eigenvalue weighted by atomic mass is 32.2. The van der Waals surface area contributed by atoms with Crippen molar-refractivity contribution in [2.75, 3.05) is 5.75 Å². The van der Waals surface area contributed by atoms with Crippen LogP contribution in [0.4, 0.5) is 4.79 Å². The summed E-state index contributed by atoms with van der Waals surface area (Å²) in [6.07, 6.45) is 4.69. The van der Waals surface area contributed by atoms with E-state index < -0.39 is 24.1 Å². The van der Waals surface area contributed by atoms with Crippen molar-refractivity contribution in [1.29, 1.82) is 0 Å². The summed E-state index contributed by atoms with van der Waals surface area (Å²) in [6.45, 7) is 0.0971. The number of hydrogen-bond acceptors (Lipinski definition) is 5. The van der Waals surface area contributed by atoms with Gasteiger partial charge in [0.1, 0.15) is 12.6 Å². The molecule has 2 N–H and O–H groups in total. The lowest BCUT2D eigenvalue weighted by Gasteiger charge is -2.23. The van der Waals surface area contributed by atoms with Gasteiger partial charge in [0, 0.05) is 11.7 Å². The van der Waals surface area contributed by atoms with E-state index in [1.807, 2.05) is 91.0 Å². The summed E-state index contributed by atoms with van der Waals surface area (Å²) < 4.78 is 5.39. The molecule has 1 fully saturated rings. The number of thioether (sulfide) groups is 1. The van der Waals surface area contributed by atoms with Gasteiger partial charge in [-0.05, 0) is 36.0 Å². The van der Waals surface area contributed by atoms with E-state index in [0.29, 0.717) is 17.4 Å². The highest BCUT2D eigenvalue weighted by Crippen LogP contribution is 2.29. The lowest BCUT2D eigenvalue weighted by Crippen LogP contribution is -2.53. The van der Waals surface area contributed by atoms with E-state index in [4.69, 9.17) is 4.74 Å². The number of amides is 2. The minimum Gasteiger partial charge on any atom is -0.445 e. The molecular weight excluding hydrogens is 508 g/mol. The number of hydrogen-bond donors (Lipinski definition) is 2. The average Bonchev–Trinajstić information content (AvgIpc) is 3.49. The molecule has 39 heavy (non-hydrogen) atoms. The predicted molar refractivity (Wildman–Crippen MR) is 155 cm³/mol. The Morgan fingerprint density at radius 3 is 1.79 bits per heavy atom. The molecule has 0 radical (unpaired) electrons. The van der Waals surface area contributed by atoms with Crippen molar-refractivity contribution in [2.24, 2.45) is 0 Å². The normalized spacial score (nSPS) is 14.8. The number of carbonyl (C=O) groups excluding carboxylic acids is 3. The molecule has 3 aromatic carbocycles. The standard InChI is InChI=1S/C32H36N2O4S/c35-30(23-39-27-18-10-11-19-27)28(20-24-12-4-1-5-13-24)33-31(36)29(21-25-14-6-2-7-15-25)34-32(37)38-22-26-16-8-3-9-17-26/h1-9,12-17,27-29H,10-11,18-23H2,(H,33,36)(H,34,37)/t28-,29-/m0/s1. The van der Waals surface area contributed by atoms with Gasteiger partial charge in [0.2, 0.25) is 5.91 Å². The Bertz CT molecular complexity index is 1180. The van der Waals surface area contributed by atoms with Crippen LogP contribution >= 0.6 is 11.8 Å². The summed E-state index contributed by atoms with van der Waals surface area (Å²) in [5.74, 6) is -0.0527. The van der Waals surface area contributed by atoms with E-state index in [1.165, 1.54) is 12.8 Å². The molecule has 7 heteroatoms. The molecule has 0 saturated heterocycles. The second kappa shape index (κ2) is 15.1. The zero-order chi connectivity index (χ0) is 27.3. The largest absolute Gasteiger partial charge is 0.445 e. The Labute approximate surface area is 234 Å². The van der Waals surface area contributed by atoms with Gasteiger partial charge in [-0.2, -0.15) is 11.8 Å². The van der Waals surface area contributed by atoms with E-state index in [0.717, 1.165) is 29.5 Å². The van der Waals surface area contributed by atoms with Crippen molar-refractivity contribution in [3.63, 3.8) is 0 Å². The van der Waals surface area contributed by atoms with Gasteiger partial charge in [0.15, 0.2) is 5.78 Å². The van der Waals surface area contributed by atoms with Crippen molar-refractivity contribution in [2.45, 2.75) is 62.5 Å². The van der Waals surface area contributed by atoms with Crippen LogP contribution in [-0.2, 0) is 33.8 Å². The van der Waals surface area contributed by atoms with E-state index in [2.05, 4.69) is 10.6 Å². The van der Waals surface area contributed by atoms with Crippen molar-refractivity contribution in [3.05, 3.63) is 108 Å². The zero-order valence-corrected chi connectivity index (χ0v) is 22.9. The van der Waals surface area contributed by atoms with Crippen LogP contribution < -0.4 is 10.6 Å². The Morgan fingerprint density at radius 1 is 0.718 bits per heavy atom. The maximum absolute atomic E-state index is 13.6. The van der Waals surface area contributed by atoms with E-state index >= 15 is 0 Å². The molecule has 204 valence electrons. The monoisotopic (exact) mass is 544 g/mol. The van der Waals surface area contributed by atoms with Gasteiger partial charge >= 0.3 is 6.09 Å². The summed E-state index contributed by atoms with van der Waals surface area (Å²) in [6, 6.07) is 27.0. The van der Waals surface area contributed by atoms with Crippen LogP contribution in [0.5, 0.6) is 0 Å². The van der Waals surface area contributed by atoms with Gasteiger partial charge in [-0.25, -0.2) is 4.79 Å². The number of carbonyl (C=O) groups is 3. The van der Waals surface area contributed by atoms with E-state index in [1.54, 1.807) is 11.8 Å². The van der Waals surface area contributed by atoms with Crippen LogP contribution in [0.15, 0.2) is 91.0 Å². The minimum absolute atomic E-state index is 0.00535. The van der Waals surface area contributed by atoms with Crippen LogP contribution in [0.3, 0.4) is 0 Å². The molecule has 0 unspecified atom stereocenters. The molecule has 1 aliphatic carbocycles. The number of rotatable bonds is 13. The van der Waals surface area contributed by atoms with Gasteiger partial charge in [-0.1, -0.05) is 104 Å². The molecule has 6 nitrogen and oxygen atoms in total. The fourth-order valence-electron chi connectivity index (χ4n) is 4.69. The molecule has 0 spiro atoms. The van der Waals surface area contributed by atoms with Gasteiger partial charge in [0.05, 0.1) is 11.8 Å². The first kappa shape index (κ1) is 28.4. The molecule has 0 heterocycles. The van der Waals surface area contributed by atoms with Crippen molar-refractivity contribution in [1.82, 2.24) is 10.6 Å². The lowest BCUT2D eigenvalue weighted by atomic mass is 10.0. The molecule has 1 aliphatic rings. The van der Waals surface area contributed by atoms with Crippen LogP contribution in [0, 0.1) is 0 Å². The van der Waals surface area contributed by atoms with Crippen molar-refractivity contribution < 1.29 is 19.1 Å². The maximum atomic E-state index is 13.6. The molecule has 4 rings (SSSR count). The zero-order valence-electron chi connectivity index (χ0n) is 22.1. The molecule has 3 aromatic rings. The third-order valence-corrected chi connectivity index (χ3v) is 8.25. The molecule has 2 amide bonds. The summed E-state index contributed by atoms with van der Waals surface area (Å²) >= 11 is 1.69. The summed E-state index contributed by atoms with van der Waals surface area (Å²) in [7, 11) is 0. The Kier molecular flexibility index (Phi) is 11.0. The van der Waals surface area contributed by atoms with Crippen LogP contribution in [0.1, 0.15) is 42.4 Å². The van der Waals surface area contributed by atoms with Gasteiger partial charge in [-0.15, -0.1) is 0 Å². The van der Waals surface area contributed by atoms with Gasteiger partial charge in [0.25, 0.3) is 0 Å². The molecule has 0 bridgehead atoms. The Morgan fingerprint density at radius 2 is 1.23 bits per heavy atom. The van der Waals surface area contributed by atoms with E-state index in [-0.39, 0.29) is 18.8 Å². The average molecular weight is 545 g/mol. The fraction of sp³-hybridized carbons (Fsp3) is 0.344. The van der Waals surface area contributed by atoms with Crippen LogP contribution in [-0.4, -0.2) is 40.9 Å². The SMILES string of the molecule is O=C(N[C@@H](Cc1ccccc1)C(=O)N[C@@H](Cc1ccccc1)C(=O)CSC1CCCC1)OCc1ccccc1. The van der Waals surface area contributed by atoms with Crippen molar-refractivity contribution in [3.8, 4) is 0 Å². The van der Waals surface area contributed by atoms with Gasteiger partial charge < -0.3 is 15.4 Å². The topological polar surface area (TPSA) is 84.5 Å². The molecule has 0 aromatic heterocycles. The Balaban J connectivity index is 1.44. The van der Waals surface area contributed by atoms with E-state index in [9.17, 15) is 14.4 Å². The predicted octanol–water partition coefficient (Wildman–Crippen LogP) is 5.50. The van der Waals surface area contributed by atoms with Crippen LogP contribution in [0.25, 0.3) is 0 Å². The molecule has 0 aliphatic heterocycles. The summed E-state index contributed by atoms with van der Waals surface area (Å²) in [5, 5.41) is 6.21. The summed E-state index contributed by atoms with van der Waals surface area (Å²) in [4.78, 5) is 39.6. The first-order valence-corrected chi connectivity index (χ1v) is 14.6. The Hall–Kier alpha value is -3.58. The highest BCUT2D eigenvalue weighted by Gasteiger charge is 2.28. The number of Topliss-reactive ketones (excluding diaryl/α,β-unsaturated/α-hetero) is 1. The first-order valence-electron chi connectivity index (χ1n) is 13.6. The lowest BCUT2D eigenvalue weighted by molar-refractivity contribution is -0.128. The third-order valence-electron chi connectivity index (χ3n) is 6.86. The van der Waals surface area contributed by atoms with Crippen LogP contribution in [0.2, 0.25) is 0 Å². The molecular formula is C32H36N2O4S. The highest BCUT2D eigenvalue weighted by molar-refractivity contribution is 8.00.